The average molecular weight is 368 g/mol. The molecular formula is C25H20O3. The van der Waals surface area contributed by atoms with Crippen LogP contribution in [0.15, 0.2) is 91.0 Å². The van der Waals surface area contributed by atoms with Crippen molar-refractivity contribution in [2.75, 3.05) is 7.11 Å². The van der Waals surface area contributed by atoms with E-state index >= 15 is 0 Å². The van der Waals surface area contributed by atoms with Gasteiger partial charge in [-0.15, -0.1) is 0 Å². The van der Waals surface area contributed by atoms with E-state index in [9.17, 15) is 9.90 Å². The van der Waals surface area contributed by atoms with Crippen LogP contribution in [0.25, 0.3) is 10.8 Å². The maximum atomic E-state index is 11.9. The summed E-state index contributed by atoms with van der Waals surface area (Å²) >= 11 is 0. The van der Waals surface area contributed by atoms with Crippen LogP contribution in [0.1, 0.15) is 33.0 Å². The van der Waals surface area contributed by atoms with E-state index in [0.717, 1.165) is 27.5 Å². The first-order chi connectivity index (χ1) is 13.7. The van der Waals surface area contributed by atoms with E-state index < -0.39 is 0 Å². The monoisotopic (exact) mass is 368 g/mol. The molecule has 0 radical (unpaired) electrons. The number of rotatable bonds is 4. The van der Waals surface area contributed by atoms with Crippen LogP contribution in [0.5, 0.6) is 5.75 Å². The quantitative estimate of drug-likeness (QED) is 0.381. The van der Waals surface area contributed by atoms with Crippen molar-refractivity contribution in [2.24, 2.45) is 0 Å². The molecule has 0 spiro atoms. The Bertz CT molecular complexity index is 1080. The molecule has 0 atom stereocenters. The first kappa shape index (κ1) is 17.8. The molecule has 4 aromatic carbocycles. The van der Waals surface area contributed by atoms with Crippen molar-refractivity contribution in [3.8, 4) is 5.75 Å². The lowest BCUT2D eigenvalue weighted by Crippen LogP contribution is -2.05. The predicted molar refractivity (Wildman–Crippen MR) is 111 cm³/mol. The summed E-state index contributed by atoms with van der Waals surface area (Å²) in [7, 11) is 1.37. The normalized spacial score (nSPS) is 10.9. The van der Waals surface area contributed by atoms with Gasteiger partial charge in [-0.2, -0.15) is 0 Å². The van der Waals surface area contributed by atoms with E-state index in [1.807, 2.05) is 48.5 Å². The Kier molecular flexibility index (Phi) is 4.81. The molecule has 3 heteroatoms. The van der Waals surface area contributed by atoms with Crippen molar-refractivity contribution in [2.45, 2.75) is 5.92 Å². The Morgan fingerprint density at radius 3 is 2.00 bits per heavy atom. The van der Waals surface area contributed by atoms with Gasteiger partial charge in [-0.3, -0.25) is 0 Å². The predicted octanol–water partition coefficient (Wildman–Crippen LogP) is 5.51. The smallest absolute Gasteiger partial charge is 0.337 e. The number of phenolic OH excluding ortho intramolecular Hbond substituents is 1. The van der Waals surface area contributed by atoms with Crippen LogP contribution < -0.4 is 0 Å². The van der Waals surface area contributed by atoms with Crippen LogP contribution in [0.4, 0.5) is 0 Å². The Morgan fingerprint density at radius 1 is 0.821 bits per heavy atom. The zero-order valence-electron chi connectivity index (χ0n) is 15.5. The number of hydrogen-bond acceptors (Lipinski definition) is 3. The Balaban J connectivity index is 1.98. The van der Waals surface area contributed by atoms with Crippen LogP contribution in [-0.4, -0.2) is 18.2 Å². The first-order valence-corrected chi connectivity index (χ1v) is 9.13. The molecule has 0 fully saturated rings. The van der Waals surface area contributed by atoms with Crippen molar-refractivity contribution in [1.82, 2.24) is 0 Å². The standard InChI is InChI=1S/C25H20O3/c1-28-25(27)20-12-14-21-19(16-20)13-15-22(26)24(21)23(17-8-4-2-5-9-17)18-10-6-3-7-11-18/h2-16,23,26H,1H3. The van der Waals surface area contributed by atoms with Gasteiger partial charge in [-0.05, 0) is 40.1 Å². The van der Waals surface area contributed by atoms with Gasteiger partial charge in [-0.25, -0.2) is 4.79 Å². The van der Waals surface area contributed by atoms with Crippen molar-refractivity contribution in [1.29, 1.82) is 0 Å². The minimum atomic E-state index is -0.376. The van der Waals surface area contributed by atoms with Gasteiger partial charge in [0.25, 0.3) is 0 Å². The van der Waals surface area contributed by atoms with E-state index in [-0.39, 0.29) is 17.6 Å². The van der Waals surface area contributed by atoms with E-state index in [1.165, 1.54) is 7.11 Å². The molecule has 0 amide bonds. The summed E-state index contributed by atoms with van der Waals surface area (Å²) in [6.45, 7) is 0. The summed E-state index contributed by atoms with van der Waals surface area (Å²) in [5.41, 5.74) is 3.50. The number of benzene rings is 4. The first-order valence-electron chi connectivity index (χ1n) is 9.13. The van der Waals surface area contributed by atoms with Gasteiger partial charge in [-0.1, -0.05) is 72.8 Å². The molecule has 0 unspecified atom stereocenters. The molecule has 0 aliphatic carbocycles. The number of ether oxygens (including phenoxy) is 1. The number of esters is 1. The number of phenols is 1. The molecule has 0 saturated heterocycles. The minimum absolute atomic E-state index is 0.130. The van der Waals surface area contributed by atoms with E-state index in [0.29, 0.717) is 5.56 Å². The second kappa shape index (κ2) is 7.57. The molecule has 0 aliphatic heterocycles. The number of aromatic hydroxyl groups is 1. The molecule has 28 heavy (non-hydrogen) atoms. The zero-order valence-corrected chi connectivity index (χ0v) is 15.5. The van der Waals surface area contributed by atoms with Crippen molar-refractivity contribution in [3.05, 3.63) is 113 Å². The lowest BCUT2D eigenvalue weighted by Gasteiger charge is -2.22. The van der Waals surface area contributed by atoms with Crippen molar-refractivity contribution >= 4 is 16.7 Å². The summed E-state index contributed by atoms with van der Waals surface area (Å²) in [5.74, 6) is -0.273. The fourth-order valence-electron chi connectivity index (χ4n) is 3.71. The molecule has 0 saturated carbocycles. The Morgan fingerprint density at radius 2 is 1.43 bits per heavy atom. The summed E-state index contributed by atoms with van der Waals surface area (Å²) in [6.07, 6.45) is 0. The second-order valence-electron chi connectivity index (χ2n) is 6.68. The lowest BCUT2D eigenvalue weighted by molar-refractivity contribution is 0.0601. The Hall–Kier alpha value is -3.59. The van der Waals surface area contributed by atoms with Crippen LogP contribution in [0.2, 0.25) is 0 Å². The van der Waals surface area contributed by atoms with Gasteiger partial charge in [0.05, 0.1) is 12.7 Å². The maximum Gasteiger partial charge on any atom is 0.337 e. The van der Waals surface area contributed by atoms with Gasteiger partial charge in [0.2, 0.25) is 0 Å². The number of methoxy groups -OCH3 is 1. The average Bonchev–Trinajstić information content (AvgIpc) is 2.76. The summed E-state index contributed by atoms with van der Waals surface area (Å²) in [5, 5.41) is 12.6. The number of carbonyl (C=O) groups is 1. The summed E-state index contributed by atoms with van der Waals surface area (Å²) < 4.78 is 4.84. The van der Waals surface area contributed by atoms with E-state index in [1.54, 1.807) is 18.2 Å². The number of fused-ring (bicyclic) bond motifs is 1. The molecular weight excluding hydrogens is 348 g/mol. The van der Waals surface area contributed by atoms with Crippen molar-refractivity contribution < 1.29 is 14.6 Å². The zero-order chi connectivity index (χ0) is 19.5. The SMILES string of the molecule is COC(=O)c1ccc2c(C(c3ccccc3)c3ccccc3)c(O)ccc2c1. The maximum absolute atomic E-state index is 11.9. The van der Waals surface area contributed by atoms with Crippen molar-refractivity contribution in [3.63, 3.8) is 0 Å². The molecule has 4 aromatic rings. The van der Waals surface area contributed by atoms with E-state index in [4.69, 9.17) is 4.74 Å². The number of carbonyl (C=O) groups excluding carboxylic acids is 1. The molecule has 0 aromatic heterocycles. The number of hydrogen-bond donors (Lipinski definition) is 1. The highest BCUT2D eigenvalue weighted by Gasteiger charge is 2.22. The van der Waals surface area contributed by atoms with Gasteiger partial charge >= 0.3 is 5.97 Å². The minimum Gasteiger partial charge on any atom is -0.508 e. The Labute approximate surface area is 163 Å². The van der Waals surface area contributed by atoms with Crippen LogP contribution in [-0.2, 0) is 4.74 Å². The fraction of sp³-hybridized carbons (Fsp3) is 0.0800. The van der Waals surface area contributed by atoms with Gasteiger partial charge in [0.15, 0.2) is 0 Å². The highest BCUT2D eigenvalue weighted by atomic mass is 16.5. The molecule has 1 N–H and O–H groups in total. The molecule has 138 valence electrons. The van der Waals surface area contributed by atoms with Crippen LogP contribution >= 0.6 is 0 Å². The topological polar surface area (TPSA) is 46.5 Å². The van der Waals surface area contributed by atoms with Gasteiger partial charge in [0.1, 0.15) is 5.75 Å². The third-order valence-corrected chi connectivity index (χ3v) is 5.01. The fourth-order valence-corrected chi connectivity index (χ4v) is 3.71. The highest BCUT2D eigenvalue weighted by Crippen LogP contribution is 2.41. The third-order valence-electron chi connectivity index (χ3n) is 5.01. The molecule has 0 heterocycles. The molecule has 4 rings (SSSR count). The van der Waals surface area contributed by atoms with Crippen LogP contribution in [0, 0.1) is 0 Å². The van der Waals surface area contributed by atoms with Gasteiger partial charge < -0.3 is 9.84 Å². The summed E-state index contributed by atoms with van der Waals surface area (Å²) in [6, 6.07) is 29.2. The highest BCUT2D eigenvalue weighted by molar-refractivity contribution is 5.97. The van der Waals surface area contributed by atoms with Crippen LogP contribution in [0.3, 0.4) is 0 Å². The van der Waals surface area contributed by atoms with Gasteiger partial charge in [0, 0.05) is 11.5 Å². The molecule has 0 aliphatic rings. The second-order valence-corrected chi connectivity index (χ2v) is 6.68. The molecule has 3 nitrogen and oxygen atoms in total. The van der Waals surface area contributed by atoms with E-state index in [2.05, 4.69) is 24.3 Å². The lowest BCUT2D eigenvalue weighted by atomic mass is 9.82. The molecule has 0 bridgehead atoms. The third kappa shape index (κ3) is 3.23. The largest absolute Gasteiger partial charge is 0.508 e. The summed E-state index contributed by atoms with van der Waals surface area (Å²) in [4.78, 5) is 11.9.